The zero-order valence-electron chi connectivity index (χ0n) is 10.7. The highest BCUT2D eigenvalue weighted by molar-refractivity contribution is 5.85. The van der Waals surface area contributed by atoms with E-state index in [1.54, 1.807) is 0 Å². The van der Waals surface area contributed by atoms with E-state index in [1.807, 2.05) is 0 Å². The SMILES string of the molecule is CCCC(C)NCc1cccc2ccccc12. The first kappa shape index (κ1) is 12.1. The Morgan fingerprint density at radius 3 is 2.65 bits per heavy atom. The van der Waals surface area contributed by atoms with Crippen LogP contribution in [0.25, 0.3) is 10.8 Å². The summed E-state index contributed by atoms with van der Waals surface area (Å²) in [5.41, 5.74) is 1.39. The van der Waals surface area contributed by atoms with Gasteiger partial charge in [0.25, 0.3) is 0 Å². The molecular weight excluding hydrogens is 206 g/mol. The van der Waals surface area contributed by atoms with Gasteiger partial charge in [0.05, 0.1) is 0 Å². The standard InChI is InChI=1S/C16H21N/c1-3-7-13(2)17-12-15-10-6-9-14-8-4-5-11-16(14)15/h4-6,8-11,13,17H,3,7,12H2,1-2H3. The highest BCUT2D eigenvalue weighted by Gasteiger charge is 2.02. The summed E-state index contributed by atoms with van der Waals surface area (Å²) in [5.74, 6) is 0. The van der Waals surface area contributed by atoms with Gasteiger partial charge in [0.2, 0.25) is 0 Å². The molecule has 0 heterocycles. The molecular formula is C16H21N. The molecule has 0 aliphatic rings. The van der Waals surface area contributed by atoms with Crippen LogP contribution in [0.2, 0.25) is 0 Å². The second-order valence-corrected chi connectivity index (χ2v) is 4.71. The summed E-state index contributed by atoms with van der Waals surface area (Å²) >= 11 is 0. The first-order chi connectivity index (χ1) is 8.31. The molecule has 1 unspecified atom stereocenters. The van der Waals surface area contributed by atoms with Gasteiger partial charge < -0.3 is 5.32 Å². The fourth-order valence-electron chi connectivity index (χ4n) is 2.27. The summed E-state index contributed by atoms with van der Waals surface area (Å²) < 4.78 is 0. The normalized spacial score (nSPS) is 12.8. The lowest BCUT2D eigenvalue weighted by atomic mass is 10.0. The number of hydrogen-bond donors (Lipinski definition) is 1. The van der Waals surface area contributed by atoms with Crippen molar-refractivity contribution in [2.75, 3.05) is 0 Å². The van der Waals surface area contributed by atoms with Gasteiger partial charge in [0.1, 0.15) is 0 Å². The van der Waals surface area contributed by atoms with Crippen molar-refractivity contribution in [3.05, 3.63) is 48.0 Å². The second kappa shape index (κ2) is 5.83. The van der Waals surface area contributed by atoms with E-state index in [-0.39, 0.29) is 0 Å². The number of benzene rings is 2. The summed E-state index contributed by atoms with van der Waals surface area (Å²) in [6, 6.07) is 15.7. The van der Waals surface area contributed by atoms with Crippen molar-refractivity contribution in [3.8, 4) is 0 Å². The van der Waals surface area contributed by atoms with Gasteiger partial charge >= 0.3 is 0 Å². The topological polar surface area (TPSA) is 12.0 Å². The molecule has 0 radical (unpaired) electrons. The van der Waals surface area contributed by atoms with Crippen LogP contribution < -0.4 is 5.32 Å². The van der Waals surface area contributed by atoms with Gasteiger partial charge in [-0.2, -0.15) is 0 Å². The molecule has 17 heavy (non-hydrogen) atoms. The Morgan fingerprint density at radius 1 is 1.06 bits per heavy atom. The molecule has 0 aliphatic carbocycles. The number of hydrogen-bond acceptors (Lipinski definition) is 1. The zero-order chi connectivity index (χ0) is 12.1. The van der Waals surface area contributed by atoms with E-state index in [0.29, 0.717) is 6.04 Å². The van der Waals surface area contributed by atoms with Crippen molar-refractivity contribution in [2.45, 2.75) is 39.3 Å². The number of rotatable bonds is 5. The van der Waals surface area contributed by atoms with E-state index in [9.17, 15) is 0 Å². The predicted octanol–water partition coefficient (Wildman–Crippen LogP) is 4.12. The van der Waals surface area contributed by atoms with Gasteiger partial charge in [-0.1, -0.05) is 55.8 Å². The van der Waals surface area contributed by atoms with E-state index in [0.717, 1.165) is 6.54 Å². The Bertz CT molecular complexity index is 470. The van der Waals surface area contributed by atoms with Crippen LogP contribution in [-0.4, -0.2) is 6.04 Å². The maximum absolute atomic E-state index is 3.59. The number of fused-ring (bicyclic) bond motifs is 1. The van der Waals surface area contributed by atoms with E-state index < -0.39 is 0 Å². The van der Waals surface area contributed by atoms with Gasteiger partial charge in [0.15, 0.2) is 0 Å². The van der Waals surface area contributed by atoms with E-state index in [4.69, 9.17) is 0 Å². The molecule has 0 aliphatic heterocycles. The van der Waals surface area contributed by atoms with Crippen LogP contribution >= 0.6 is 0 Å². The van der Waals surface area contributed by atoms with Crippen molar-refractivity contribution in [2.24, 2.45) is 0 Å². The minimum atomic E-state index is 0.596. The third kappa shape index (κ3) is 3.07. The molecule has 0 spiro atoms. The van der Waals surface area contributed by atoms with Crippen LogP contribution in [0.1, 0.15) is 32.3 Å². The minimum Gasteiger partial charge on any atom is -0.310 e. The van der Waals surface area contributed by atoms with Crippen molar-refractivity contribution in [1.29, 1.82) is 0 Å². The highest BCUT2D eigenvalue weighted by atomic mass is 14.9. The number of nitrogens with one attached hydrogen (secondary N) is 1. The summed E-state index contributed by atoms with van der Waals surface area (Å²) in [4.78, 5) is 0. The van der Waals surface area contributed by atoms with E-state index in [2.05, 4.69) is 61.6 Å². The van der Waals surface area contributed by atoms with E-state index >= 15 is 0 Å². The maximum atomic E-state index is 3.59. The largest absolute Gasteiger partial charge is 0.310 e. The average Bonchev–Trinajstić information content (AvgIpc) is 2.36. The maximum Gasteiger partial charge on any atom is 0.0214 e. The lowest BCUT2D eigenvalue weighted by Gasteiger charge is -2.14. The summed E-state index contributed by atoms with van der Waals surface area (Å²) in [6.45, 7) is 5.45. The Balaban J connectivity index is 2.13. The third-order valence-electron chi connectivity index (χ3n) is 3.24. The van der Waals surface area contributed by atoms with Crippen molar-refractivity contribution in [1.82, 2.24) is 5.32 Å². The molecule has 1 N–H and O–H groups in total. The van der Waals surface area contributed by atoms with Crippen LogP contribution in [0.3, 0.4) is 0 Å². The van der Waals surface area contributed by atoms with Crippen molar-refractivity contribution >= 4 is 10.8 Å². The van der Waals surface area contributed by atoms with Gasteiger partial charge in [-0.05, 0) is 29.7 Å². The Morgan fingerprint density at radius 2 is 1.82 bits per heavy atom. The van der Waals surface area contributed by atoms with Crippen molar-refractivity contribution < 1.29 is 0 Å². The molecule has 0 bridgehead atoms. The zero-order valence-corrected chi connectivity index (χ0v) is 10.7. The second-order valence-electron chi connectivity index (χ2n) is 4.71. The lowest BCUT2D eigenvalue weighted by molar-refractivity contribution is 0.509. The monoisotopic (exact) mass is 227 g/mol. The van der Waals surface area contributed by atoms with Gasteiger partial charge in [-0.15, -0.1) is 0 Å². The van der Waals surface area contributed by atoms with Crippen LogP contribution in [0, 0.1) is 0 Å². The quantitative estimate of drug-likeness (QED) is 0.810. The first-order valence-corrected chi connectivity index (χ1v) is 6.51. The fourth-order valence-corrected chi connectivity index (χ4v) is 2.27. The Labute approximate surface area is 104 Å². The molecule has 1 atom stereocenters. The smallest absolute Gasteiger partial charge is 0.0214 e. The summed E-state index contributed by atoms with van der Waals surface area (Å²) in [6.07, 6.45) is 2.48. The van der Waals surface area contributed by atoms with Crippen molar-refractivity contribution in [3.63, 3.8) is 0 Å². The minimum absolute atomic E-state index is 0.596. The van der Waals surface area contributed by atoms with Crippen LogP contribution in [0.4, 0.5) is 0 Å². The fraction of sp³-hybridized carbons (Fsp3) is 0.375. The molecule has 2 aromatic carbocycles. The molecule has 0 saturated carbocycles. The van der Waals surface area contributed by atoms with Crippen LogP contribution in [0.15, 0.2) is 42.5 Å². The third-order valence-corrected chi connectivity index (χ3v) is 3.24. The lowest BCUT2D eigenvalue weighted by Crippen LogP contribution is -2.25. The first-order valence-electron chi connectivity index (χ1n) is 6.51. The summed E-state index contributed by atoms with van der Waals surface area (Å²) in [7, 11) is 0. The van der Waals surface area contributed by atoms with Crippen LogP contribution in [-0.2, 0) is 6.54 Å². The molecule has 0 fully saturated rings. The molecule has 1 heteroatoms. The Kier molecular flexibility index (Phi) is 4.16. The Hall–Kier alpha value is -1.34. The molecule has 2 rings (SSSR count). The highest BCUT2D eigenvalue weighted by Crippen LogP contribution is 2.18. The molecule has 90 valence electrons. The molecule has 2 aromatic rings. The van der Waals surface area contributed by atoms with Gasteiger partial charge in [0, 0.05) is 12.6 Å². The van der Waals surface area contributed by atoms with Crippen LogP contribution in [0.5, 0.6) is 0 Å². The van der Waals surface area contributed by atoms with E-state index in [1.165, 1.54) is 29.2 Å². The predicted molar refractivity (Wildman–Crippen MR) is 75.2 cm³/mol. The average molecular weight is 227 g/mol. The molecule has 0 saturated heterocycles. The van der Waals surface area contributed by atoms with Gasteiger partial charge in [-0.25, -0.2) is 0 Å². The van der Waals surface area contributed by atoms with Gasteiger partial charge in [-0.3, -0.25) is 0 Å². The molecule has 0 aromatic heterocycles. The molecule has 1 nitrogen and oxygen atoms in total. The summed E-state index contributed by atoms with van der Waals surface area (Å²) in [5, 5.41) is 6.29. The molecule has 0 amide bonds.